The maximum atomic E-state index is 12.9. The Morgan fingerprint density at radius 2 is 1.81 bits per heavy atom. The minimum atomic E-state index is -0.786. The molecule has 0 unspecified atom stereocenters. The van der Waals surface area contributed by atoms with Crippen LogP contribution >= 0.6 is 0 Å². The van der Waals surface area contributed by atoms with E-state index in [1.54, 1.807) is 48.5 Å². The number of hydrogen-bond donors (Lipinski definition) is 0. The molecule has 140 valence electrons. The van der Waals surface area contributed by atoms with Crippen LogP contribution in [0.15, 0.2) is 48.5 Å². The molecule has 1 heterocycles. The Labute approximate surface area is 157 Å². The number of methoxy groups -OCH3 is 1. The Balaban J connectivity index is 1.90. The first kappa shape index (κ1) is 18.6. The normalized spacial score (nSPS) is 16.4. The number of hydrogen-bond acceptors (Lipinski definition) is 5. The molecule has 0 bridgehead atoms. The molecular weight excluding hydrogens is 346 g/mol. The zero-order valence-corrected chi connectivity index (χ0v) is 15.3. The highest BCUT2D eigenvalue weighted by Crippen LogP contribution is 2.27. The van der Waals surface area contributed by atoms with Crippen LogP contribution in [0.3, 0.4) is 0 Å². The number of rotatable bonds is 6. The Morgan fingerprint density at radius 3 is 2.48 bits per heavy atom. The summed E-state index contributed by atoms with van der Waals surface area (Å²) >= 11 is 0. The zero-order valence-electron chi connectivity index (χ0n) is 15.3. The van der Waals surface area contributed by atoms with E-state index in [0.717, 1.165) is 4.90 Å². The lowest BCUT2D eigenvalue weighted by atomic mass is 10.1. The molecule has 0 aliphatic carbocycles. The fourth-order valence-corrected chi connectivity index (χ4v) is 2.98. The molecule has 2 aromatic carbocycles. The number of amides is 2. The lowest BCUT2D eigenvalue weighted by molar-refractivity contribution is -0.135. The average Bonchev–Trinajstić information content (AvgIpc) is 2.79. The Hall–Kier alpha value is -3.15. The number of ether oxygens (including phenoxy) is 2. The number of carbonyl (C=O) groups is 3. The topological polar surface area (TPSA) is 72.9 Å². The molecule has 0 spiro atoms. The second-order valence-corrected chi connectivity index (χ2v) is 6.27. The first-order valence-electron chi connectivity index (χ1n) is 8.83. The molecule has 6 nitrogen and oxygen atoms in total. The molecular formula is C21H21NO5. The average molecular weight is 367 g/mol. The van der Waals surface area contributed by atoms with Crippen molar-refractivity contribution in [2.75, 3.05) is 13.7 Å². The van der Waals surface area contributed by atoms with Gasteiger partial charge < -0.3 is 9.47 Å². The summed E-state index contributed by atoms with van der Waals surface area (Å²) in [7, 11) is 1.54. The van der Waals surface area contributed by atoms with E-state index in [4.69, 9.17) is 9.47 Å². The van der Waals surface area contributed by atoms with Crippen molar-refractivity contribution in [2.45, 2.75) is 25.9 Å². The predicted octanol–water partition coefficient (Wildman–Crippen LogP) is 3.11. The Morgan fingerprint density at radius 1 is 1.11 bits per heavy atom. The van der Waals surface area contributed by atoms with Crippen LogP contribution in [0.25, 0.3) is 0 Å². The standard InChI is InChI=1S/C21H21NO5/c1-3-6-19-21(25)22(20(24)16-7-4-5-8-18(16)27-19)13-17(23)14-9-11-15(26-2)12-10-14/h4-5,7-12,19H,3,6,13H2,1-2H3/t19-/m1/s1. The summed E-state index contributed by atoms with van der Waals surface area (Å²) in [6, 6.07) is 13.3. The molecule has 1 atom stereocenters. The Bertz CT molecular complexity index is 859. The number of fused-ring (bicyclic) bond motifs is 1. The van der Waals surface area contributed by atoms with E-state index in [1.165, 1.54) is 7.11 Å². The van der Waals surface area contributed by atoms with Gasteiger partial charge in [-0.25, -0.2) is 0 Å². The summed E-state index contributed by atoms with van der Waals surface area (Å²) in [5.41, 5.74) is 0.689. The summed E-state index contributed by atoms with van der Waals surface area (Å²) in [6.45, 7) is 1.60. The SMILES string of the molecule is CCC[C@H]1Oc2ccccc2C(=O)N(CC(=O)c2ccc(OC)cc2)C1=O. The number of ketones is 1. The monoisotopic (exact) mass is 367 g/mol. The zero-order chi connectivity index (χ0) is 19.4. The van der Waals surface area contributed by atoms with Crippen LogP contribution in [0.4, 0.5) is 0 Å². The van der Waals surface area contributed by atoms with Gasteiger partial charge in [0, 0.05) is 5.56 Å². The van der Waals surface area contributed by atoms with Crippen LogP contribution in [0.1, 0.15) is 40.5 Å². The number of nitrogens with zero attached hydrogens (tertiary/aromatic N) is 1. The molecule has 1 aliphatic heterocycles. The number of Topliss-reactive ketones (excluding diaryl/α,β-unsaturated/α-hetero) is 1. The lowest BCUT2D eigenvalue weighted by Gasteiger charge is -2.21. The fraction of sp³-hybridized carbons (Fsp3) is 0.286. The van der Waals surface area contributed by atoms with Crippen molar-refractivity contribution >= 4 is 17.6 Å². The largest absolute Gasteiger partial charge is 0.497 e. The van der Waals surface area contributed by atoms with Crippen LogP contribution < -0.4 is 9.47 Å². The number of imide groups is 1. The van der Waals surface area contributed by atoms with Crippen molar-refractivity contribution in [3.8, 4) is 11.5 Å². The highest BCUT2D eigenvalue weighted by molar-refractivity contribution is 6.12. The molecule has 2 aromatic rings. The number of benzene rings is 2. The van der Waals surface area contributed by atoms with E-state index in [9.17, 15) is 14.4 Å². The summed E-state index contributed by atoms with van der Waals surface area (Å²) in [5, 5.41) is 0. The maximum absolute atomic E-state index is 12.9. The van der Waals surface area contributed by atoms with Gasteiger partial charge in [0.1, 0.15) is 11.5 Å². The number of carbonyl (C=O) groups excluding carboxylic acids is 3. The fourth-order valence-electron chi connectivity index (χ4n) is 2.98. The molecule has 0 aromatic heterocycles. The highest BCUT2D eigenvalue weighted by Gasteiger charge is 2.36. The van der Waals surface area contributed by atoms with Crippen LogP contribution in [-0.2, 0) is 4.79 Å². The third-order valence-electron chi connectivity index (χ3n) is 4.44. The second-order valence-electron chi connectivity index (χ2n) is 6.27. The minimum Gasteiger partial charge on any atom is -0.497 e. The van der Waals surface area contributed by atoms with Crippen LogP contribution in [0.5, 0.6) is 11.5 Å². The first-order valence-corrected chi connectivity index (χ1v) is 8.83. The van der Waals surface area contributed by atoms with Gasteiger partial charge in [-0.1, -0.05) is 25.5 Å². The van der Waals surface area contributed by atoms with Crippen LogP contribution in [0, 0.1) is 0 Å². The summed E-state index contributed by atoms with van der Waals surface area (Å²) in [6.07, 6.45) is 0.395. The van der Waals surface area contributed by atoms with E-state index >= 15 is 0 Å². The van der Waals surface area contributed by atoms with E-state index in [0.29, 0.717) is 29.9 Å². The van der Waals surface area contributed by atoms with Crippen molar-refractivity contribution in [1.82, 2.24) is 4.90 Å². The minimum absolute atomic E-state index is 0.284. The lowest BCUT2D eigenvalue weighted by Crippen LogP contribution is -2.45. The van der Waals surface area contributed by atoms with Crippen molar-refractivity contribution in [1.29, 1.82) is 0 Å². The van der Waals surface area contributed by atoms with Crippen LogP contribution in [0.2, 0.25) is 0 Å². The molecule has 1 aliphatic rings. The third kappa shape index (κ3) is 3.84. The second kappa shape index (κ2) is 8.03. The predicted molar refractivity (Wildman–Crippen MR) is 99.1 cm³/mol. The van der Waals surface area contributed by atoms with Gasteiger partial charge in [-0.15, -0.1) is 0 Å². The van der Waals surface area contributed by atoms with Gasteiger partial charge in [0.05, 0.1) is 19.2 Å². The maximum Gasteiger partial charge on any atom is 0.270 e. The van der Waals surface area contributed by atoms with Gasteiger partial charge in [0.2, 0.25) is 0 Å². The molecule has 0 saturated carbocycles. The first-order chi connectivity index (χ1) is 13.0. The van der Waals surface area contributed by atoms with E-state index in [-0.39, 0.29) is 17.9 Å². The van der Waals surface area contributed by atoms with Crippen molar-refractivity contribution < 1.29 is 23.9 Å². The summed E-state index contributed by atoms with van der Waals surface area (Å²) in [5.74, 6) is -0.336. The van der Waals surface area contributed by atoms with Gasteiger partial charge in [-0.3, -0.25) is 19.3 Å². The molecule has 27 heavy (non-hydrogen) atoms. The van der Waals surface area contributed by atoms with Gasteiger partial charge >= 0.3 is 0 Å². The van der Waals surface area contributed by atoms with Crippen molar-refractivity contribution in [3.05, 3.63) is 59.7 Å². The van der Waals surface area contributed by atoms with Gasteiger partial charge in [0.25, 0.3) is 11.8 Å². The van der Waals surface area contributed by atoms with Crippen molar-refractivity contribution in [3.63, 3.8) is 0 Å². The van der Waals surface area contributed by atoms with Gasteiger partial charge in [-0.05, 0) is 42.8 Å². The van der Waals surface area contributed by atoms with Gasteiger partial charge in [-0.2, -0.15) is 0 Å². The molecule has 0 fully saturated rings. The molecule has 3 rings (SSSR count). The molecule has 6 heteroatoms. The third-order valence-corrected chi connectivity index (χ3v) is 4.44. The van der Waals surface area contributed by atoms with Crippen molar-refractivity contribution in [2.24, 2.45) is 0 Å². The molecule has 0 radical (unpaired) electrons. The van der Waals surface area contributed by atoms with E-state index in [1.807, 2.05) is 6.92 Å². The van der Waals surface area contributed by atoms with Gasteiger partial charge in [0.15, 0.2) is 11.9 Å². The summed E-state index contributed by atoms with van der Waals surface area (Å²) in [4.78, 5) is 39.5. The number of para-hydroxylation sites is 1. The molecule has 0 saturated heterocycles. The molecule has 2 amide bonds. The van der Waals surface area contributed by atoms with E-state index < -0.39 is 17.9 Å². The summed E-state index contributed by atoms with van der Waals surface area (Å²) < 4.78 is 10.9. The molecule has 0 N–H and O–H groups in total. The Kier molecular flexibility index (Phi) is 5.54. The smallest absolute Gasteiger partial charge is 0.270 e. The highest BCUT2D eigenvalue weighted by atomic mass is 16.5. The van der Waals surface area contributed by atoms with Crippen LogP contribution in [-0.4, -0.2) is 42.3 Å². The van der Waals surface area contributed by atoms with E-state index in [2.05, 4.69) is 0 Å². The quantitative estimate of drug-likeness (QED) is 0.579.